The highest BCUT2D eigenvalue weighted by Crippen LogP contribution is 2.25. The molecule has 5 nitrogen and oxygen atoms in total. The second-order valence-corrected chi connectivity index (χ2v) is 5.56. The summed E-state index contributed by atoms with van der Waals surface area (Å²) in [4.78, 5) is 22.8. The standard InChI is InChI=1S/C13H14BrFN2O3/c1-6-7(14)2-3-8(11(6)15)17-12(18)9-4-5-10(16-9)13(19)20/h2-3,9-10,16H,4-5H2,1H3,(H,17,18)(H,19,20)/t9-,10+/m0/s1. The van der Waals surface area contributed by atoms with E-state index in [0.717, 1.165) is 0 Å². The molecule has 2 atom stereocenters. The molecule has 1 amide bonds. The molecule has 1 fully saturated rings. The van der Waals surface area contributed by atoms with Crippen LogP contribution in [0.5, 0.6) is 0 Å². The Hall–Kier alpha value is -1.47. The molecule has 1 saturated heterocycles. The molecular weight excluding hydrogens is 331 g/mol. The number of halogens is 2. The number of hydrogen-bond donors (Lipinski definition) is 3. The summed E-state index contributed by atoms with van der Waals surface area (Å²) in [5.41, 5.74) is 0.502. The zero-order valence-corrected chi connectivity index (χ0v) is 12.3. The molecular formula is C13H14BrFN2O3. The van der Waals surface area contributed by atoms with Crippen molar-refractivity contribution >= 4 is 33.5 Å². The van der Waals surface area contributed by atoms with E-state index >= 15 is 0 Å². The highest BCUT2D eigenvalue weighted by molar-refractivity contribution is 9.10. The maximum Gasteiger partial charge on any atom is 0.320 e. The van der Waals surface area contributed by atoms with Crippen molar-refractivity contribution in [2.75, 3.05) is 5.32 Å². The Kier molecular flexibility index (Phi) is 4.39. The van der Waals surface area contributed by atoms with E-state index in [2.05, 4.69) is 26.6 Å². The van der Waals surface area contributed by atoms with Crippen LogP contribution in [0, 0.1) is 12.7 Å². The van der Waals surface area contributed by atoms with Crippen LogP contribution >= 0.6 is 15.9 Å². The summed E-state index contributed by atoms with van der Waals surface area (Å²) in [5.74, 6) is -1.90. The zero-order valence-electron chi connectivity index (χ0n) is 10.7. The zero-order chi connectivity index (χ0) is 14.9. The van der Waals surface area contributed by atoms with Crippen molar-refractivity contribution in [3.63, 3.8) is 0 Å². The Bertz CT molecular complexity index is 565. The van der Waals surface area contributed by atoms with Gasteiger partial charge < -0.3 is 10.4 Å². The molecule has 0 unspecified atom stereocenters. The van der Waals surface area contributed by atoms with Crippen LogP contribution < -0.4 is 10.6 Å². The predicted octanol–water partition coefficient (Wildman–Crippen LogP) is 2.04. The molecule has 108 valence electrons. The van der Waals surface area contributed by atoms with E-state index in [1.54, 1.807) is 13.0 Å². The van der Waals surface area contributed by atoms with Crippen LogP contribution in [0.4, 0.5) is 10.1 Å². The normalized spacial score (nSPS) is 21.8. The molecule has 1 aliphatic heterocycles. The number of carboxylic acids is 1. The van der Waals surface area contributed by atoms with Crippen LogP contribution in [0.3, 0.4) is 0 Å². The minimum atomic E-state index is -0.981. The highest BCUT2D eigenvalue weighted by atomic mass is 79.9. The van der Waals surface area contributed by atoms with Gasteiger partial charge in [0.25, 0.3) is 0 Å². The summed E-state index contributed by atoms with van der Waals surface area (Å²) >= 11 is 3.21. The van der Waals surface area contributed by atoms with Crippen LogP contribution in [-0.4, -0.2) is 29.1 Å². The number of aliphatic carboxylic acids is 1. The second kappa shape index (κ2) is 5.88. The molecule has 1 aromatic carbocycles. The highest BCUT2D eigenvalue weighted by Gasteiger charge is 2.33. The fourth-order valence-corrected chi connectivity index (χ4v) is 2.43. The third-order valence-corrected chi connectivity index (χ3v) is 4.20. The van der Waals surface area contributed by atoms with E-state index in [-0.39, 0.29) is 5.69 Å². The molecule has 7 heteroatoms. The van der Waals surface area contributed by atoms with Gasteiger partial charge >= 0.3 is 5.97 Å². The first kappa shape index (κ1) is 14.9. The SMILES string of the molecule is Cc1c(Br)ccc(NC(=O)[C@@H]2CC[C@H](C(=O)O)N2)c1F. The average molecular weight is 345 g/mol. The number of hydrogen-bond acceptors (Lipinski definition) is 3. The number of carbonyl (C=O) groups excluding carboxylic acids is 1. The molecule has 0 spiro atoms. The van der Waals surface area contributed by atoms with Crippen molar-refractivity contribution in [2.24, 2.45) is 0 Å². The van der Waals surface area contributed by atoms with Crippen molar-refractivity contribution in [3.8, 4) is 0 Å². The summed E-state index contributed by atoms with van der Waals surface area (Å²) in [6.07, 6.45) is 0.801. The van der Waals surface area contributed by atoms with E-state index < -0.39 is 29.8 Å². The third-order valence-electron chi connectivity index (χ3n) is 3.34. The predicted molar refractivity (Wildman–Crippen MR) is 75.0 cm³/mol. The van der Waals surface area contributed by atoms with E-state index in [4.69, 9.17) is 5.11 Å². The van der Waals surface area contributed by atoms with Gasteiger partial charge in [0.2, 0.25) is 5.91 Å². The summed E-state index contributed by atoms with van der Waals surface area (Å²) in [6, 6.07) is 1.78. The van der Waals surface area contributed by atoms with Gasteiger partial charge in [-0.1, -0.05) is 15.9 Å². The number of benzene rings is 1. The average Bonchev–Trinajstić information content (AvgIpc) is 2.89. The van der Waals surface area contributed by atoms with Gasteiger partial charge in [-0.05, 0) is 31.9 Å². The Balaban J connectivity index is 2.06. The van der Waals surface area contributed by atoms with Gasteiger partial charge in [-0.2, -0.15) is 0 Å². The lowest BCUT2D eigenvalue weighted by molar-refractivity contribution is -0.139. The van der Waals surface area contributed by atoms with E-state index in [1.165, 1.54) is 6.07 Å². The maximum atomic E-state index is 14.0. The van der Waals surface area contributed by atoms with Crippen LogP contribution in [0.2, 0.25) is 0 Å². The van der Waals surface area contributed by atoms with Crippen LogP contribution in [-0.2, 0) is 9.59 Å². The number of amides is 1. The van der Waals surface area contributed by atoms with Gasteiger partial charge in [0.05, 0.1) is 11.7 Å². The lowest BCUT2D eigenvalue weighted by atomic mass is 10.1. The fraction of sp³-hybridized carbons (Fsp3) is 0.385. The van der Waals surface area contributed by atoms with Crippen molar-refractivity contribution in [3.05, 3.63) is 28.0 Å². The smallest absolute Gasteiger partial charge is 0.320 e. The number of rotatable bonds is 3. The van der Waals surface area contributed by atoms with Gasteiger partial charge in [0.1, 0.15) is 6.04 Å². The molecule has 20 heavy (non-hydrogen) atoms. The van der Waals surface area contributed by atoms with E-state index in [1.807, 2.05) is 0 Å². The molecule has 0 saturated carbocycles. The fourth-order valence-electron chi connectivity index (χ4n) is 2.12. The Labute approximate surface area is 123 Å². The first-order valence-electron chi connectivity index (χ1n) is 6.14. The monoisotopic (exact) mass is 344 g/mol. The minimum absolute atomic E-state index is 0.0938. The maximum absolute atomic E-state index is 14.0. The van der Waals surface area contributed by atoms with Crippen molar-refractivity contribution in [1.82, 2.24) is 5.32 Å². The molecule has 0 aromatic heterocycles. The Morgan fingerprint density at radius 3 is 2.65 bits per heavy atom. The van der Waals surface area contributed by atoms with Crippen molar-refractivity contribution < 1.29 is 19.1 Å². The molecule has 1 aromatic rings. The van der Waals surface area contributed by atoms with E-state index in [9.17, 15) is 14.0 Å². The summed E-state index contributed by atoms with van der Waals surface area (Å²) in [5, 5.41) is 14.1. The van der Waals surface area contributed by atoms with E-state index in [0.29, 0.717) is 22.9 Å². The van der Waals surface area contributed by atoms with Crippen LogP contribution in [0.1, 0.15) is 18.4 Å². The summed E-state index contributed by atoms with van der Waals surface area (Å²) < 4.78 is 14.6. The van der Waals surface area contributed by atoms with Gasteiger partial charge in [-0.15, -0.1) is 0 Å². The quantitative estimate of drug-likeness (QED) is 0.784. The minimum Gasteiger partial charge on any atom is -0.480 e. The van der Waals surface area contributed by atoms with Crippen molar-refractivity contribution in [1.29, 1.82) is 0 Å². The van der Waals surface area contributed by atoms with Gasteiger partial charge in [-0.25, -0.2) is 4.39 Å². The lowest BCUT2D eigenvalue weighted by Crippen LogP contribution is -2.42. The molecule has 1 aliphatic rings. The topological polar surface area (TPSA) is 78.4 Å². The lowest BCUT2D eigenvalue weighted by Gasteiger charge is -2.14. The third kappa shape index (κ3) is 2.99. The largest absolute Gasteiger partial charge is 0.480 e. The number of carbonyl (C=O) groups is 2. The first-order valence-corrected chi connectivity index (χ1v) is 6.93. The van der Waals surface area contributed by atoms with Gasteiger partial charge in [0.15, 0.2) is 5.82 Å². The molecule has 3 N–H and O–H groups in total. The van der Waals surface area contributed by atoms with Gasteiger partial charge in [0, 0.05) is 10.0 Å². The second-order valence-electron chi connectivity index (χ2n) is 4.71. The molecule has 2 rings (SSSR count). The Morgan fingerprint density at radius 1 is 1.40 bits per heavy atom. The number of anilines is 1. The molecule has 0 aliphatic carbocycles. The first-order chi connectivity index (χ1) is 9.40. The van der Waals surface area contributed by atoms with Crippen LogP contribution in [0.15, 0.2) is 16.6 Å². The summed E-state index contributed by atoms with van der Waals surface area (Å²) in [6.45, 7) is 1.60. The molecule has 1 heterocycles. The Morgan fingerprint density at radius 2 is 2.05 bits per heavy atom. The number of carboxylic acid groups (broad SMARTS) is 1. The van der Waals surface area contributed by atoms with Crippen LogP contribution in [0.25, 0.3) is 0 Å². The summed E-state index contributed by atoms with van der Waals surface area (Å²) in [7, 11) is 0. The van der Waals surface area contributed by atoms with Crippen molar-refractivity contribution in [2.45, 2.75) is 31.8 Å². The van der Waals surface area contributed by atoms with Gasteiger partial charge in [-0.3, -0.25) is 14.9 Å². The molecule has 0 radical (unpaired) electrons. The molecule has 0 bridgehead atoms. The number of nitrogens with one attached hydrogen (secondary N) is 2.